The largest absolute Gasteiger partial charge is 0.488 e. The highest BCUT2D eigenvalue weighted by atomic mass is 16.5. The Morgan fingerprint density at radius 3 is 2.64 bits per heavy atom. The summed E-state index contributed by atoms with van der Waals surface area (Å²) in [5, 5.41) is 7.53. The van der Waals surface area contributed by atoms with Gasteiger partial charge < -0.3 is 10.1 Å². The minimum atomic E-state index is -0.139. The van der Waals surface area contributed by atoms with Crippen LogP contribution < -0.4 is 10.1 Å². The first kappa shape index (κ1) is 23.5. The van der Waals surface area contributed by atoms with Gasteiger partial charge in [0.05, 0.1) is 18.8 Å². The molecule has 0 aliphatic carbocycles. The minimum Gasteiger partial charge on any atom is -0.488 e. The fraction of sp³-hybridized carbons (Fsp3) is 0.233. The summed E-state index contributed by atoms with van der Waals surface area (Å²) in [6.45, 7) is 6.62. The molecule has 1 aromatic heterocycles. The van der Waals surface area contributed by atoms with E-state index in [4.69, 9.17) is 4.74 Å². The van der Waals surface area contributed by atoms with Crippen molar-refractivity contribution < 1.29 is 14.3 Å². The Morgan fingerprint density at radius 1 is 1.03 bits per heavy atom. The zero-order chi connectivity index (χ0) is 25.2. The van der Waals surface area contributed by atoms with E-state index in [0.717, 1.165) is 39.4 Å². The quantitative estimate of drug-likeness (QED) is 0.372. The molecule has 1 unspecified atom stereocenters. The number of nitrogens with zero attached hydrogens (tertiary/aromatic N) is 2. The van der Waals surface area contributed by atoms with E-state index in [9.17, 15) is 9.59 Å². The number of hydrogen-bond donors (Lipinski definition) is 1. The van der Waals surface area contributed by atoms with Crippen LogP contribution in [0.25, 0.3) is 11.1 Å². The number of hydrogen-bond acceptors (Lipinski definition) is 4. The van der Waals surface area contributed by atoms with Gasteiger partial charge in [0.25, 0.3) is 5.91 Å². The van der Waals surface area contributed by atoms with E-state index in [1.807, 2.05) is 85.3 Å². The van der Waals surface area contributed by atoms with Crippen LogP contribution in [-0.4, -0.2) is 34.1 Å². The van der Waals surface area contributed by atoms with Gasteiger partial charge in [-0.1, -0.05) is 42.5 Å². The van der Waals surface area contributed by atoms with Crippen molar-refractivity contribution in [1.29, 1.82) is 0 Å². The number of aryl methyl sites for hydroxylation is 2. The lowest BCUT2D eigenvalue weighted by atomic mass is 9.95. The minimum absolute atomic E-state index is 0.0434. The highest BCUT2D eigenvalue weighted by molar-refractivity contribution is 6.00. The number of ether oxygens (including phenoxy) is 1. The number of carbonyl (C=O) groups is 2. The van der Waals surface area contributed by atoms with Crippen molar-refractivity contribution in [1.82, 2.24) is 15.1 Å². The van der Waals surface area contributed by atoms with Crippen molar-refractivity contribution in [3.8, 4) is 16.9 Å². The second kappa shape index (κ2) is 9.82. The van der Waals surface area contributed by atoms with Gasteiger partial charge in [-0.2, -0.15) is 5.10 Å². The second-order valence-electron chi connectivity index (χ2n) is 9.36. The Bertz CT molecular complexity index is 1450. The van der Waals surface area contributed by atoms with E-state index in [2.05, 4.69) is 16.5 Å². The van der Waals surface area contributed by atoms with E-state index in [-0.39, 0.29) is 17.8 Å². The van der Waals surface area contributed by atoms with Gasteiger partial charge in [0.2, 0.25) is 0 Å². The van der Waals surface area contributed by atoms with Crippen LogP contribution in [0.15, 0.2) is 72.8 Å². The molecule has 0 bridgehead atoms. The first-order valence-electron chi connectivity index (χ1n) is 12.2. The molecule has 3 aromatic carbocycles. The van der Waals surface area contributed by atoms with Crippen LogP contribution in [0.2, 0.25) is 0 Å². The summed E-state index contributed by atoms with van der Waals surface area (Å²) < 4.78 is 8.03. The Kier molecular flexibility index (Phi) is 6.42. The van der Waals surface area contributed by atoms with Crippen LogP contribution in [0.1, 0.15) is 50.2 Å². The van der Waals surface area contributed by atoms with E-state index >= 15 is 0 Å². The molecule has 0 fully saturated rings. The van der Waals surface area contributed by atoms with Crippen molar-refractivity contribution in [2.45, 2.75) is 39.8 Å². The van der Waals surface area contributed by atoms with Crippen LogP contribution >= 0.6 is 0 Å². The molecule has 1 aliphatic heterocycles. The molecule has 36 heavy (non-hydrogen) atoms. The van der Waals surface area contributed by atoms with Crippen LogP contribution in [0.5, 0.6) is 5.75 Å². The third-order valence-electron chi connectivity index (χ3n) is 6.53. The fourth-order valence-electron chi connectivity index (χ4n) is 4.77. The molecule has 0 saturated heterocycles. The number of fused-ring (bicyclic) bond motifs is 1. The zero-order valence-electron chi connectivity index (χ0n) is 20.7. The number of aromatic nitrogens is 2. The standard InChI is InChI=1S/C30H29N3O3/c1-19-13-20(2)33(32-19)18-22-7-6-8-24(14-22)30(35)31-17-26-16-25-15-23(11-12-29(25)36-26)28-10-5-4-9-27(28)21(3)34/h4-15,26H,16-18H2,1-3H3,(H,31,35). The van der Waals surface area contributed by atoms with Crippen molar-refractivity contribution in [3.63, 3.8) is 0 Å². The van der Waals surface area contributed by atoms with E-state index < -0.39 is 0 Å². The maximum absolute atomic E-state index is 12.9. The Labute approximate surface area is 210 Å². The average Bonchev–Trinajstić information content (AvgIpc) is 3.43. The molecular formula is C30H29N3O3. The molecule has 5 rings (SSSR count). The van der Waals surface area contributed by atoms with Crippen LogP contribution in [-0.2, 0) is 13.0 Å². The summed E-state index contributed by atoms with van der Waals surface area (Å²) in [6, 6.07) is 23.3. The summed E-state index contributed by atoms with van der Waals surface area (Å²) >= 11 is 0. The summed E-state index contributed by atoms with van der Waals surface area (Å²) in [6.07, 6.45) is 0.559. The highest BCUT2D eigenvalue weighted by Gasteiger charge is 2.24. The number of nitrogens with one attached hydrogen (secondary N) is 1. The SMILES string of the molecule is CC(=O)c1ccccc1-c1ccc2c(c1)CC(CNC(=O)c1cccc(Cn3nc(C)cc3C)c1)O2. The number of carbonyl (C=O) groups excluding carboxylic acids is 2. The number of rotatable bonds is 7. The molecule has 1 aliphatic rings. The summed E-state index contributed by atoms with van der Waals surface area (Å²) in [5.41, 5.74) is 7.42. The van der Waals surface area contributed by atoms with E-state index in [1.165, 1.54) is 0 Å². The topological polar surface area (TPSA) is 73.2 Å². The fourth-order valence-corrected chi connectivity index (χ4v) is 4.77. The van der Waals surface area contributed by atoms with Crippen LogP contribution in [0.4, 0.5) is 0 Å². The van der Waals surface area contributed by atoms with Crippen molar-refractivity contribution in [2.75, 3.05) is 6.54 Å². The lowest BCUT2D eigenvalue weighted by molar-refractivity contribution is 0.0932. The summed E-state index contributed by atoms with van der Waals surface area (Å²) in [7, 11) is 0. The van der Waals surface area contributed by atoms with Crippen molar-refractivity contribution in [3.05, 3.63) is 106 Å². The lowest BCUT2D eigenvalue weighted by Crippen LogP contribution is -2.34. The van der Waals surface area contributed by atoms with E-state index in [1.54, 1.807) is 6.92 Å². The average molecular weight is 480 g/mol. The van der Waals surface area contributed by atoms with Crippen LogP contribution in [0.3, 0.4) is 0 Å². The number of benzene rings is 3. The molecule has 0 radical (unpaired) electrons. The number of Topliss-reactive ketones (excluding diaryl/α,β-unsaturated/α-hetero) is 1. The van der Waals surface area contributed by atoms with Gasteiger partial charge in [0.15, 0.2) is 5.78 Å². The number of ketones is 1. The van der Waals surface area contributed by atoms with E-state index in [0.29, 0.717) is 30.6 Å². The van der Waals surface area contributed by atoms with Gasteiger partial charge in [-0.15, -0.1) is 0 Å². The third kappa shape index (κ3) is 4.93. The Balaban J connectivity index is 1.22. The Morgan fingerprint density at radius 2 is 1.86 bits per heavy atom. The molecule has 2 heterocycles. The highest BCUT2D eigenvalue weighted by Crippen LogP contribution is 2.34. The van der Waals surface area contributed by atoms with Crippen molar-refractivity contribution >= 4 is 11.7 Å². The number of amides is 1. The van der Waals surface area contributed by atoms with Gasteiger partial charge in [-0.25, -0.2) is 0 Å². The monoisotopic (exact) mass is 479 g/mol. The smallest absolute Gasteiger partial charge is 0.251 e. The molecule has 0 saturated carbocycles. The molecule has 1 amide bonds. The molecule has 6 heteroatoms. The maximum Gasteiger partial charge on any atom is 0.251 e. The molecule has 4 aromatic rings. The van der Waals surface area contributed by atoms with Crippen LogP contribution in [0, 0.1) is 13.8 Å². The predicted octanol–water partition coefficient (Wildman–Crippen LogP) is 5.15. The molecule has 1 atom stereocenters. The predicted molar refractivity (Wildman–Crippen MR) is 140 cm³/mol. The molecule has 6 nitrogen and oxygen atoms in total. The first-order chi connectivity index (χ1) is 17.4. The lowest BCUT2D eigenvalue weighted by Gasteiger charge is -2.12. The first-order valence-corrected chi connectivity index (χ1v) is 12.2. The molecular weight excluding hydrogens is 450 g/mol. The molecule has 0 spiro atoms. The van der Waals surface area contributed by atoms with Gasteiger partial charge in [0.1, 0.15) is 11.9 Å². The normalized spacial score (nSPS) is 14.2. The van der Waals surface area contributed by atoms with Gasteiger partial charge in [0, 0.05) is 23.2 Å². The third-order valence-corrected chi connectivity index (χ3v) is 6.53. The Hall–Kier alpha value is -4.19. The maximum atomic E-state index is 12.9. The van der Waals surface area contributed by atoms with Crippen molar-refractivity contribution in [2.24, 2.45) is 0 Å². The molecule has 182 valence electrons. The van der Waals surface area contributed by atoms with Gasteiger partial charge >= 0.3 is 0 Å². The zero-order valence-corrected chi connectivity index (χ0v) is 20.7. The second-order valence-corrected chi connectivity index (χ2v) is 9.36. The van der Waals surface area contributed by atoms with Gasteiger partial charge in [-0.3, -0.25) is 14.3 Å². The van der Waals surface area contributed by atoms with Gasteiger partial charge in [-0.05, 0) is 73.4 Å². The molecule has 1 N–H and O–H groups in total. The summed E-state index contributed by atoms with van der Waals surface area (Å²) in [5.74, 6) is 0.743. The summed E-state index contributed by atoms with van der Waals surface area (Å²) in [4.78, 5) is 24.9.